The zero-order valence-electron chi connectivity index (χ0n) is 14.3. The van der Waals surface area contributed by atoms with Gasteiger partial charge in [-0.1, -0.05) is 0 Å². The molecule has 1 aliphatic rings. The van der Waals surface area contributed by atoms with Gasteiger partial charge in [0, 0.05) is 67.9 Å². The third-order valence-electron chi connectivity index (χ3n) is 4.58. The van der Waals surface area contributed by atoms with Gasteiger partial charge in [0.15, 0.2) is 4.96 Å². The number of fused-ring (bicyclic) bond motifs is 1. The van der Waals surface area contributed by atoms with Crippen molar-refractivity contribution in [2.45, 2.75) is 19.9 Å². The lowest BCUT2D eigenvalue weighted by Crippen LogP contribution is -2.31. The van der Waals surface area contributed by atoms with Crippen molar-refractivity contribution in [3.63, 3.8) is 0 Å². The Bertz CT molecular complexity index is 934. The van der Waals surface area contributed by atoms with Crippen LogP contribution in [0.4, 0.5) is 5.69 Å². The molecule has 130 valence electrons. The fourth-order valence-electron chi connectivity index (χ4n) is 3.31. The monoisotopic (exact) mass is 355 g/mol. The second-order valence-electron chi connectivity index (χ2n) is 6.41. The predicted octanol–water partition coefficient (Wildman–Crippen LogP) is 2.17. The van der Waals surface area contributed by atoms with Crippen LogP contribution in [0, 0.1) is 6.92 Å². The van der Waals surface area contributed by atoms with Crippen molar-refractivity contribution in [2.75, 3.05) is 31.1 Å². The van der Waals surface area contributed by atoms with Crippen LogP contribution >= 0.6 is 11.3 Å². The third-order valence-corrected chi connectivity index (χ3v) is 5.33. The van der Waals surface area contributed by atoms with Crippen molar-refractivity contribution in [1.29, 1.82) is 0 Å². The molecule has 0 N–H and O–H groups in total. The zero-order chi connectivity index (χ0) is 17.2. The highest BCUT2D eigenvalue weighted by atomic mass is 32.1. The number of aryl methyl sites for hydroxylation is 1. The number of hydrogen-bond acceptors (Lipinski definition) is 6. The molecule has 0 unspecified atom stereocenters. The molecule has 7 heteroatoms. The molecule has 1 saturated heterocycles. The summed E-state index contributed by atoms with van der Waals surface area (Å²) in [5.74, 6) is 0. The molecule has 3 aromatic rings. The second kappa shape index (κ2) is 6.93. The van der Waals surface area contributed by atoms with E-state index in [1.165, 1.54) is 17.0 Å². The topological polar surface area (TPSA) is 53.7 Å². The highest BCUT2D eigenvalue weighted by Gasteiger charge is 2.16. The molecule has 0 saturated carbocycles. The smallest absolute Gasteiger partial charge is 0.258 e. The first-order valence-corrected chi connectivity index (χ1v) is 9.43. The zero-order valence-corrected chi connectivity index (χ0v) is 15.1. The van der Waals surface area contributed by atoms with Crippen LogP contribution in [0.15, 0.2) is 40.8 Å². The third kappa shape index (κ3) is 3.57. The summed E-state index contributed by atoms with van der Waals surface area (Å²) in [4.78, 5) is 26.6. The number of pyridine rings is 1. The average Bonchev–Trinajstić information content (AvgIpc) is 2.94. The minimum atomic E-state index is 0.00459. The van der Waals surface area contributed by atoms with Gasteiger partial charge in [0.05, 0.1) is 5.69 Å². The Kier molecular flexibility index (Phi) is 4.50. The first-order chi connectivity index (χ1) is 12.2. The Hall–Kier alpha value is -2.25. The highest BCUT2D eigenvalue weighted by molar-refractivity contribution is 7.15. The number of anilines is 1. The SMILES string of the molecule is Cc1cc(N2CCCN(Cc3cc(=O)n4ccsc4n3)CC2)ccn1. The number of hydrogen-bond donors (Lipinski definition) is 0. The Morgan fingerprint density at radius 1 is 1.20 bits per heavy atom. The summed E-state index contributed by atoms with van der Waals surface area (Å²) < 4.78 is 1.60. The lowest BCUT2D eigenvalue weighted by molar-refractivity contribution is 0.282. The van der Waals surface area contributed by atoms with Gasteiger partial charge in [-0.05, 0) is 25.5 Å². The standard InChI is InChI=1S/C18H21N5OS/c1-14-11-16(3-4-19-14)22-6-2-5-21(7-8-22)13-15-12-17(24)23-9-10-25-18(23)20-15/h3-4,9-12H,2,5-8,13H2,1H3. The molecule has 1 fully saturated rings. The molecule has 0 spiro atoms. The minimum absolute atomic E-state index is 0.00459. The van der Waals surface area contributed by atoms with Gasteiger partial charge in [0.25, 0.3) is 5.56 Å². The van der Waals surface area contributed by atoms with E-state index in [1.807, 2.05) is 18.5 Å². The van der Waals surface area contributed by atoms with E-state index in [0.29, 0.717) is 0 Å². The fraction of sp³-hybridized carbons (Fsp3) is 0.389. The maximum Gasteiger partial charge on any atom is 0.258 e. The summed E-state index contributed by atoms with van der Waals surface area (Å²) in [6.07, 6.45) is 4.75. The Labute approximate surface area is 150 Å². The molecular formula is C18H21N5OS. The van der Waals surface area contributed by atoms with E-state index >= 15 is 0 Å². The first kappa shape index (κ1) is 16.2. The summed E-state index contributed by atoms with van der Waals surface area (Å²) in [5, 5.41) is 1.90. The number of thiazole rings is 1. The summed E-state index contributed by atoms with van der Waals surface area (Å²) in [6.45, 7) is 6.76. The van der Waals surface area contributed by atoms with Gasteiger partial charge in [0.2, 0.25) is 0 Å². The van der Waals surface area contributed by atoms with E-state index < -0.39 is 0 Å². The molecule has 0 amide bonds. The summed E-state index contributed by atoms with van der Waals surface area (Å²) in [6, 6.07) is 5.88. The van der Waals surface area contributed by atoms with Crippen molar-refractivity contribution in [3.8, 4) is 0 Å². The molecule has 1 aliphatic heterocycles. The van der Waals surface area contributed by atoms with Gasteiger partial charge >= 0.3 is 0 Å². The molecular weight excluding hydrogens is 334 g/mol. The number of aromatic nitrogens is 3. The van der Waals surface area contributed by atoms with Gasteiger partial charge in [-0.25, -0.2) is 4.98 Å². The lowest BCUT2D eigenvalue weighted by atomic mass is 10.3. The molecule has 4 rings (SSSR count). The van der Waals surface area contributed by atoms with Crippen molar-refractivity contribution >= 4 is 22.0 Å². The van der Waals surface area contributed by atoms with E-state index in [0.717, 1.165) is 55.5 Å². The number of rotatable bonds is 3. The van der Waals surface area contributed by atoms with Gasteiger partial charge < -0.3 is 4.90 Å². The molecule has 4 heterocycles. The Morgan fingerprint density at radius 2 is 2.12 bits per heavy atom. The fourth-order valence-corrected chi connectivity index (χ4v) is 4.05. The van der Waals surface area contributed by atoms with Crippen molar-refractivity contribution < 1.29 is 0 Å². The molecule has 3 aromatic heterocycles. The molecule has 0 aromatic carbocycles. The van der Waals surface area contributed by atoms with Crippen molar-refractivity contribution in [2.24, 2.45) is 0 Å². The van der Waals surface area contributed by atoms with Gasteiger partial charge in [-0.3, -0.25) is 19.1 Å². The molecule has 0 aliphatic carbocycles. The van der Waals surface area contributed by atoms with Crippen molar-refractivity contribution in [3.05, 3.63) is 57.7 Å². The van der Waals surface area contributed by atoms with E-state index in [9.17, 15) is 4.79 Å². The quantitative estimate of drug-likeness (QED) is 0.721. The first-order valence-electron chi connectivity index (χ1n) is 8.55. The molecule has 0 bridgehead atoms. The van der Waals surface area contributed by atoms with Crippen LogP contribution in [0.5, 0.6) is 0 Å². The Morgan fingerprint density at radius 3 is 3.00 bits per heavy atom. The van der Waals surface area contributed by atoms with Crippen molar-refractivity contribution in [1.82, 2.24) is 19.3 Å². The normalized spacial score (nSPS) is 16.3. The van der Waals surface area contributed by atoms with Crippen LogP contribution in [0.2, 0.25) is 0 Å². The second-order valence-corrected chi connectivity index (χ2v) is 7.29. The predicted molar refractivity (Wildman–Crippen MR) is 100 cm³/mol. The van der Waals surface area contributed by atoms with Crippen LogP contribution in [-0.4, -0.2) is 45.4 Å². The average molecular weight is 355 g/mol. The molecule has 6 nitrogen and oxygen atoms in total. The Balaban J connectivity index is 1.46. The van der Waals surface area contributed by atoms with E-state index in [-0.39, 0.29) is 5.56 Å². The van der Waals surface area contributed by atoms with E-state index in [4.69, 9.17) is 0 Å². The van der Waals surface area contributed by atoms with E-state index in [2.05, 4.69) is 31.9 Å². The van der Waals surface area contributed by atoms with Gasteiger partial charge in [-0.2, -0.15) is 0 Å². The summed E-state index contributed by atoms with van der Waals surface area (Å²) >= 11 is 1.50. The van der Waals surface area contributed by atoms with Crippen LogP contribution in [-0.2, 0) is 6.54 Å². The molecule has 25 heavy (non-hydrogen) atoms. The van der Waals surface area contributed by atoms with Gasteiger partial charge in [0.1, 0.15) is 0 Å². The van der Waals surface area contributed by atoms with E-state index in [1.54, 1.807) is 16.7 Å². The minimum Gasteiger partial charge on any atom is -0.370 e. The maximum absolute atomic E-state index is 12.1. The van der Waals surface area contributed by atoms with Crippen LogP contribution in [0.25, 0.3) is 4.96 Å². The van der Waals surface area contributed by atoms with Gasteiger partial charge in [-0.15, -0.1) is 11.3 Å². The molecule has 0 atom stereocenters. The largest absolute Gasteiger partial charge is 0.370 e. The highest BCUT2D eigenvalue weighted by Crippen LogP contribution is 2.17. The van der Waals surface area contributed by atoms with Crippen LogP contribution in [0.1, 0.15) is 17.8 Å². The summed E-state index contributed by atoms with van der Waals surface area (Å²) in [7, 11) is 0. The number of nitrogens with zero attached hydrogens (tertiary/aromatic N) is 5. The lowest BCUT2D eigenvalue weighted by Gasteiger charge is -2.23. The van der Waals surface area contributed by atoms with Crippen LogP contribution in [0.3, 0.4) is 0 Å². The van der Waals surface area contributed by atoms with Crippen LogP contribution < -0.4 is 10.5 Å². The maximum atomic E-state index is 12.1. The summed E-state index contributed by atoms with van der Waals surface area (Å²) in [5.41, 5.74) is 3.16. The molecule has 0 radical (unpaired) electrons.